The predicted octanol–water partition coefficient (Wildman–Crippen LogP) is 3.09. The number of aliphatic hydroxyl groups excluding tert-OH is 1. The highest BCUT2D eigenvalue weighted by atomic mass is 16.3. The van der Waals surface area contributed by atoms with Crippen molar-refractivity contribution in [2.45, 2.75) is 95.5 Å². The van der Waals surface area contributed by atoms with Crippen LogP contribution in [0.3, 0.4) is 0 Å². The van der Waals surface area contributed by atoms with Crippen LogP contribution in [0.1, 0.15) is 75.3 Å². The highest BCUT2D eigenvalue weighted by Crippen LogP contribution is 2.39. The standard InChI is InChI=1S/C38H50N6O5/c1-38(2,3)43-37(49)32-20-26-14-7-8-15-27(26)22-44(32)23-33(45)30(19-24-11-5-4-6-12-24)41-36(48)31(21-34(39)46)42-35(47)29-18-17-25-13-9-10-16-28(25)40-29/h4-6,9-13,16-18,26-27,30-33,45H,7-8,14-15,19-23H2,1-3H3,(H2,39,46)(H,41,48)(H,42,47)(H,43,49)/t26?,27?,30-,31?,32?,33+/m0/s1. The van der Waals surface area contributed by atoms with Crippen LogP contribution in [0.5, 0.6) is 0 Å². The van der Waals surface area contributed by atoms with Gasteiger partial charge < -0.3 is 26.8 Å². The number of piperidine rings is 1. The molecule has 2 fully saturated rings. The summed E-state index contributed by atoms with van der Waals surface area (Å²) in [6.45, 7) is 6.73. The number of fused-ring (bicyclic) bond motifs is 2. The number of pyridine rings is 1. The smallest absolute Gasteiger partial charge is 0.270 e. The molecular weight excluding hydrogens is 620 g/mol. The van der Waals surface area contributed by atoms with Crippen LogP contribution in [-0.2, 0) is 20.8 Å². The van der Waals surface area contributed by atoms with Crippen molar-refractivity contribution >= 4 is 34.5 Å². The lowest BCUT2D eigenvalue weighted by atomic mass is 9.72. The van der Waals surface area contributed by atoms with Crippen molar-refractivity contribution in [1.29, 1.82) is 0 Å². The molecule has 2 aliphatic rings. The zero-order valence-electron chi connectivity index (χ0n) is 28.7. The Morgan fingerprint density at radius 1 is 0.939 bits per heavy atom. The molecule has 2 heterocycles. The molecule has 1 saturated heterocycles. The van der Waals surface area contributed by atoms with Crippen molar-refractivity contribution in [2.75, 3.05) is 13.1 Å². The zero-order chi connectivity index (χ0) is 35.1. The number of likely N-dealkylation sites (tertiary alicyclic amines) is 1. The molecule has 6 atom stereocenters. The van der Waals surface area contributed by atoms with E-state index < -0.39 is 53.9 Å². The quantitative estimate of drug-likeness (QED) is 0.198. The number of nitrogens with two attached hydrogens (primary N) is 1. The van der Waals surface area contributed by atoms with Crippen molar-refractivity contribution in [3.05, 3.63) is 78.0 Å². The van der Waals surface area contributed by atoms with E-state index in [4.69, 9.17) is 5.73 Å². The summed E-state index contributed by atoms with van der Waals surface area (Å²) in [6, 6.07) is 17.6. The van der Waals surface area contributed by atoms with Gasteiger partial charge in [0.2, 0.25) is 17.7 Å². The Morgan fingerprint density at radius 3 is 2.35 bits per heavy atom. The highest BCUT2D eigenvalue weighted by molar-refractivity contribution is 5.99. The maximum absolute atomic E-state index is 13.8. The largest absolute Gasteiger partial charge is 0.390 e. The summed E-state index contributed by atoms with van der Waals surface area (Å²) in [5, 5.41) is 21.4. The minimum absolute atomic E-state index is 0.0566. The van der Waals surface area contributed by atoms with Gasteiger partial charge in [-0.25, -0.2) is 4.98 Å². The topological polar surface area (TPSA) is 167 Å². The molecule has 6 N–H and O–H groups in total. The number of hydrogen-bond acceptors (Lipinski definition) is 7. The first-order valence-electron chi connectivity index (χ1n) is 17.4. The number of hydrogen-bond donors (Lipinski definition) is 5. The van der Waals surface area contributed by atoms with E-state index >= 15 is 0 Å². The van der Waals surface area contributed by atoms with Gasteiger partial charge in [0.05, 0.1) is 30.1 Å². The third-order valence-electron chi connectivity index (χ3n) is 9.67. The Hall–Kier alpha value is -4.35. The fourth-order valence-corrected chi connectivity index (χ4v) is 7.26. The average Bonchev–Trinajstić information content (AvgIpc) is 3.06. The number of nitrogens with one attached hydrogen (secondary N) is 3. The molecule has 0 radical (unpaired) electrons. The molecule has 11 heteroatoms. The number of carbonyl (C=O) groups excluding carboxylic acids is 4. The monoisotopic (exact) mass is 670 g/mol. The summed E-state index contributed by atoms with van der Waals surface area (Å²) in [6.07, 6.45) is 4.03. The van der Waals surface area contributed by atoms with E-state index in [0.29, 0.717) is 23.9 Å². The van der Waals surface area contributed by atoms with E-state index in [9.17, 15) is 24.3 Å². The molecule has 1 aromatic heterocycles. The molecule has 49 heavy (non-hydrogen) atoms. The number of aromatic nitrogens is 1. The summed E-state index contributed by atoms with van der Waals surface area (Å²) in [5.41, 5.74) is 6.70. The van der Waals surface area contributed by atoms with Gasteiger partial charge in [-0.05, 0) is 69.6 Å². The van der Waals surface area contributed by atoms with Crippen molar-refractivity contribution in [3.63, 3.8) is 0 Å². The summed E-state index contributed by atoms with van der Waals surface area (Å²) < 4.78 is 0. The minimum Gasteiger partial charge on any atom is -0.390 e. The number of aliphatic hydroxyl groups is 1. The second-order valence-corrected chi connectivity index (χ2v) is 14.7. The summed E-state index contributed by atoms with van der Waals surface area (Å²) in [4.78, 5) is 59.3. The Balaban J connectivity index is 1.35. The number of para-hydroxylation sites is 1. The number of amides is 4. The molecule has 11 nitrogen and oxygen atoms in total. The third kappa shape index (κ3) is 9.86. The van der Waals surface area contributed by atoms with Crippen LogP contribution < -0.4 is 21.7 Å². The summed E-state index contributed by atoms with van der Waals surface area (Å²) in [5.74, 6) is -1.20. The molecule has 1 aliphatic heterocycles. The maximum atomic E-state index is 13.8. The SMILES string of the molecule is CC(C)(C)NC(=O)C1CC2CCCCC2CN1C[C@@H](O)[C@H](Cc1ccccc1)NC(=O)C(CC(N)=O)NC(=O)c1ccc2ccccc2n1. The molecule has 0 bridgehead atoms. The molecule has 0 spiro atoms. The van der Waals surface area contributed by atoms with Crippen molar-refractivity contribution in [1.82, 2.24) is 25.8 Å². The number of β-amino-alcohol motifs (C(OH)–C–C–N with tert-alkyl or cyclic N) is 1. The normalized spacial score (nSPS) is 21.5. The highest BCUT2D eigenvalue weighted by Gasteiger charge is 2.42. The molecule has 3 aromatic rings. The van der Waals surface area contributed by atoms with E-state index in [0.717, 1.165) is 36.6 Å². The van der Waals surface area contributed by atoms with Gasteiger partial charge in [0.1, 0.15) is 11.7 Å². The van der Waals surface area contributed by atoms with Crippen LogP contribution in [0.15, 0.2) is 66.7 Å². The number of primary amides is 1. The second kappa shape index (κ2) is 15.9. The van der Waals surface area contributed by atoms with Gasteiger partial charge in [-0.3, -0.25) is 24.1 Å². The fourth-order valence-electron chi connectivity index (χ4n) is 7.26. The number of nitrogens with zero attached hydrogens (tertiary/aromatic N) is 2. The van der Waals surface area contributed by atoms with Gasteiger partial charge in [-0.15, -0.1) is 0 Å². The van der Waals surface area contributed by atoms with Crippen LogP contribution in [0.4, 0.5) is 0 Å². The second-order valence-electron chi connectivity index (χ2n) is 14.7. The van der Waals surface area contributed by atoms with Crippen LogP contribution in [-0.4, -0.2) is 81.5 Å². The average molecular weight is 671 g/mol. The maximum Gasteiger partial charge on any atom is 0.270 e. The summed E-state index contributed by atoms with van der Waals surface area (Å²) >= 11 is 0. The molecular formula is C38H50N6O5. The van der Waals surface area contributed by atoms with E-state index in [1.54, 1.807) is 18.2 Å². The molecule has 2 aromatic carbocycles. The first kappa shape index (κ1) is 35.9. The first-order valence-corrected chi connectivity index (χ1v) is 17.4. The van der Waals surface area contributed by atoms with Gasteiger partial charge in [0.15, 0.2) is 0 Å². The summed E-state index contributed by atoms with van der Waals surface area (Å²) in [7, 11) is 0. The molecule has 262 valence electrons. The van der Waals surface area contributed by atoms with Crippen LogP contribution >= 0.6 is 0 Å². The number of benzene rings is 2. The minimum atomic E-state index is -1.30. The van der Waals surface area contributed by atoms with Gasteiger partial charge in [0.25, 0.3) is 5.91 Å². The lowest BCUT2D eigenvalue weighted by molar-refractivity contribution is -0.133. The van der Waals surface area contributed by atoms with Crippen molar-refractivity contribution < 1.29 is 24.3 Å². The van der Waals surface area contributed by atoms with Crippen LogP contribution in [0.2, 0.25) is 0 Å². The lowest BCUT2D eigenvalue weighted by Crippen LogP contribution is -2.61. The molecule has 1 saturated carbocycles. The molecule has 5 rings (SSSR count). The Morgan fingerprint density at radius 2 is 1.63 bits per heavy atom. The lowest BCUT2D eigenvalue weighted by Gasteiger charge is -2.47. The molecule has 1 aliphatic carbocycles. The predicted molar refractivity (Wildman–Crippen MR) is 188 cm³/mol. The zero-order valence-corrected chi connectivity index (χ0v) is 28.7. The number of carbonyl (C=O) groups is 4. The Labute approximate surface area is 288 Å². The number of rotatable bonds is 12. The fraction of sp³-hybridized carbons (Fsp3) is 0.500. The van der Waals surface area contributed by atoms with E-state index in [1.165, 1.54) is 6.42 Å². The van der Waals surface area contributed by atoms with Gasteiger partial charge in [-0.2, -0.15) is 0 Å². The van der Waals surface area contributed by atoms with Crippen LogP contribution in [0, 0.1) is 11.8 Å². The first-order chi connectivity index (χ1) is 23.4. The van der Waals surface area contributed by atoms with Crippen molar-refractivity contribution in [3.8, 4) is 0 Å². The van der Waals surface area contributed by atoms with Gasteiger partial charge >= 0.3 is 0 Å². The molecule has 4 unspecified atom stereocenters. The van der Waals surface area contributed by atoms with E-state index in [1.807, 2.05) is 69.3 Å². The van der Waals surface area contributed by atoms with E-state index in [2.05, 4.69) is 25.8 Å². The molecule has 4 amide bonds. The van der Waals surface area contributed by atoms with Gasteiger partial charge in [-0.1, -0.05) is 73.9 Å². The van der Waals surface area contributed by atoms with Gasteiger partial charge in [0, 0.05) is 24.0 Å². The van der Waals surface area contributed by atoms with Crippen LogP contribution in [0.25, 0.3) is 10.9 Å². The van der Waals surface area contributed by atoms with Crippen molar-refractivity contribution in [2.24, 2.45) is 17.6 Å². The Kier molecular flexibility index (Phi) is 11.7. The Bertz CT molecular complexity index is 1630. The third-order valence-corrected chi connectivity index (χ3v) is 9.67. The van der Waals surface area contributed by atoms with E-state index in [-0.39, 0.29) is 24.6 Å².